The Labute approximate surface area is 55.9 Å². The van der Waals surface area contributed by atoms with Gasteiger partial charge in [0.25, 0.3) is 6.43 Å². The van der Waals surface area contributed by atoms with Crippen LogP contribution in [0, 0.1) is 0 Å². The van der Waals surface area contributed by atoms with Crippen LogP contribution in [0.15, 0.2) is 0 Å². The molecule has 1 nitrogen and oxygen atoms in total. The van der Waals surface area contributed by atoms with Crippen molar-refractivity contribution in [3.63, 3.8) is 0 Å². The zero-order valence-electron chi connectivity index (χ0n) is 4.69. The normalized spacial score (nSPS) is 14.3. The van der Waals surface area contributed by atoms with Gasteiger partial charge in [-0.1, -0.05) is 11.9 Å². The highest BCUT2D eigenvalue weighted by Crippen LogP contribution is 2.10. The molecule has 0 fully saturated rings. The Morgan fingerprint density at radius 1 is 1.33 bits per heavy atom. The largest absolute Gasteiger partial charge is 0.278 e. The van der Waals surface area contributed by atoms with Crippen molar-refractivity contribution in [1.82, 2.24) is 0 Å². The lowest BCUT2D eigenvalue weighted by molar-refractivity contribution is 0.0488. The minimum Gasteiger partial charge on any atom is -0.278 e. The third kappa shape index (κ3) is 4.59. The van der Waals surface area contributed by atoms with Crippen molar-refractivity contribution in [2.45, 2.75) is 19.0 Å². The molecule has 0 saturated heterocycles. The lowest BCUT2D eigenvalue weighted by Gasteiger charge is -2.03. The van der Waals surface area contributed by atoms with Crippen LogP contribution in [0.3, 0.4) is 0 Å². The average Bonchev–Trinajstić information content (AvgIpc) is 1.82. The van der Waals surface area contributed by atoms with Crippen LogP contribution < -0.4 is 5.14 Å². The fraction of sp³-hybridized carbons (Fsp3) is 1.00. The lowest BCUT2D eigenvalue weighted by Crippen LogP contribution is -2.12. The molecule has 0 aromatic rings. The van der Waals surface area contributed by atoms with Gasteiger partial charge >= 0.3 is 0 Å². The van der Waals surface area contributed by atoms with Gasteiger partial charge in [0.15, 0.2) is 6.17 Å². The third-order valence-electron chi connectivity index (χ3n) is 0.785. The Morgan fingerprint density at radius 2 is 1.89 bits per heavy atom. The van der Waals surface area contributed by atoms with Gasteiger partial charge in [-0.25, -0.2) is 13.2 Å². The van der Waals surface area contributed by atoms with Crippen LogP contribution in [0.2, 0.25) is 0 Å². The number of halogens is 3. The summed E-state index contributed by atoms with van der Waals surface area (Å²) in [6.07, 6.45) is -5.04. The van der Waals surface area contributed by atoms with Crippen LogP contribution in [0.4, 0.5) is 13.2 Å². The van der Waals surface area contributed by atoms with E-state index in [4.69, 9.17) is 5.14 Å². The maximum atomic E-state index is 11.9. The Morgan fingerprint density at radius 3 is 2.22 bits per heavy atom. The predicted octanol–water partition coefficient (Wildman–Crippen LogP) is 1.59. The van der Waals surface area contributed by atoms with E-state index in [9.17, 15) is 13.2 Å². The Hall–Kier alpha value is 0.100. The molecule has 0 bridgehead atoms. The van der Waals surface area contributed by atoms with E-state index in [0.29, 0.717) is 0 Å². The zero-order valence-corrected chi connectivity index (χ0v) is 5.50. The van der Waals surface area contributed by atoms with Crippen LogP contribution in [0.5, 0.6) is 0 Å². The van der Waals surface area contributed by atoms with Crippen molar-refractivity contribution in [1.29, 1.82) is 0 Å². The molecule has 56 valence electrons. The summed E-state index contributed by atoms with van der Waals surface area (Å²) >= 11 is 0.874. The van der Waals surface area contributed by atoms with E-state index in [1.165, 1.54) is 0 Å². The molecule has 0 aliphatic heterocycles. The van der Waals surface area contributed by atoms with Crippen LogP contribution in [0.25, 0.3) is 0 Å². The molecule has 0 radical (unpaired) electrons. The molecule has 0 amide bonds. The Balaban J connectivity index is 3.16. The first kappa shape index (κ1) is 9.10. The molecule has 0 heterocycles. The van der Waals surface area contributed by atoms with Crippen LogP contribution >= 0.6 is 11.9 Å². The van der Waals surface area contributed by atoms with Gasteiger partial charge in [0.2, 0.25) is 0 Å². The topological polar surface area (TPSA) is 26.0 Å². The molecule has 5 heteroatoms. The monoisotopic (exact) mass is 159 g/mol. The van der Waals surface area contributed by atoms with Gasteiger partial charge in [-0.05, 0) is 6.42 Å². The van der Waals surface area contributed by atoms with E-state index < -0.39 is 12.6 Å². The van der Waals surface area contributed by atoms with Gasteiger partial charge in [-0.15, -0.1) is 0 Å². The quantitative estimate of drug-likeness (QED) is 0.630. The first-order chi connectivity index (χ1) is 4.18. The van der Waals surface area contributed by atoms with Crippen molar-refractivity contribution in [2.24, 2.45) is 5.14 Å². The average molecular weight is 159 g/mol. The van der Waals surface area contributed by atoms with Crippen molar-refractivity contribution in [3.8, 4) is 0 Å². The molecule has 2 N–H and O–H groups in total. The number of alkyl halides is 3. The standard InChI is InChI=1S/C4H8F3NS/c5-3(4(6)7)1-2-9-8/h3-4H,1-2,8H2. The maximum absolute atomic E-state index is 11.9. The van der Waals surface area contributed by atoms with Crippen molar-refractivity contribution >= 4 is 11.9 Å². The predicted molar refractivity (Wildman–Crippen MR) is 32.2 cm³/mol. The van der Waals surface area contributed by atoms with E-state index >= 15 is 0 Å². The van der Waals surface area contributed by atoms with Crippen molar-refractivity contribution in [3.05, 3.63) is 0 Å². The molecule has 0 aliphatic carbocycles. The number of nitrogens with two attached hydrogens (primary N) is 1. The maximum Gasteiger partial charge on any atom is 0.269 e. The van der Waals surface area contributed by atoms with E-state index in [1.807, 2.05) is 0 Å². The molecule has 0 aliphatic rings. The summed E-state index contributed by atoms with van der Waals surface area (Å²) in [4.78, 5) is 0. The van der Waals surface area contributed by atoms with E-state index in [1.54, 1.807) is 0 Å². The molecule has 9 heavy (non-hydrogen) atoms. The first-order valence-corrected chi connectivity index (χ1v) is 3.47. The summed E-state index contributed by atoms with van der Waals surface area (Å²) in [5.41, 5.74) is 0. The molecule has 0 spiro atoms. The van der Waals surface area contributed by atoms with Crippen molar-refractivity contribution in [2.75, 3.05) is 5.75 Å². The number of rotatable bonds is 4. The van der Waals surface area contributed by atoms with E-state index in [0.717, 1.165) is 11.9 Å². The van der Waals surface area contributed by atoms with E-state index in [-0.39, 0.29) is 12.2 Å². The fourth-order valence-electron chi connectivity index (χ4n) is 0.307. The smallest absolute Gasteiger partial charge is 0.269 e. The third-order valence-corrected chi connectivity index (χ3v) is 1.26. The van der Waals surface area contributed by atoms with Gasteiger partial charge in [-0.2, -0.15) is 0 Å². The lowest BCUT2D eigenvalue weighted by atomic mass is 10.3. The molecular formula is C4H8F3NS. The van der Waals surface area contributed by atoms with Crippen LogP contribution in [-0.4, -0.2) is 18.3 Å². The minimum absolute atomic E-state index is 0.168. The van der Waals surface area contributed by atoms with Gasteiger partial charge < -0.3 is 0 Å². The minimum atomic E-state index is -2.86. The second-order valence-corrected chi connectivity index (χ2v) is 2.25. The summed E-state index contributed by atoms with van der Waals surface area (Å²) < 4.78 is 34.5. The highest BCUT2D eigenvalue weighted by molar-refractivity contribution is 7.97. The fourth-order valence-corrected chi connectivity index (χ4v) is 0.668. The van der Waals surface area contributed by atoms with Gasteiger partial charge in [0, 0.05) is 5.75 Å². The zero-order chi connectivity index (χ0) is 7.28. The molecule has 1 atom stereocenters. The summed E-state index contributed by atoms with van der Waals surface area (Å²) in [6.45, 7) is 0. The molecular weight excluding hydrogens is 151 g/mol. The number of hydrogen-bond acceptors (Lipinski definition) is 2. The van der Waals surface area contributed by atoms with Crippen LogP contribution in [0.1, 0.15) is 6.42 Å². The molecule has 1 unspecified atom stereocenters. The molecule has 0 saturated carbocycles. The van der Waals surface area contributed by atoms with Crippen LogP contribution in [-0.2, 0) is 0 Å². The second-order valence-electron chi connectivity index (χ2n) is 1.51. The highest BCUT2D eigenvalue weighted by atomic mass is 32.2. The van der Waals surface area contributed by atoms with Gasteiger partial charge in [0.1, 0.15) is 0 Å². The van der Waals surface area contributed by atoms with Gasteiger partial charge in [0.05, 0.1) is 0 Å². The summed E-state index contributed by atoms with van der Waals surface area (Å²) in [7, 11) is 0. The number of hydrogen-bond donors (Lipinski definition) is 1. The highest BCUT2D eigenvalue weighted by Gasteiger charge is 2.17. The molecule has 0 aromatic carbocycles. The van der Waals surface area contributed by atoms with E-state index in [2.05, 4.69) is 0 Å². The Kier molecular flexibility index (Phi) is 4.99. The first-order valence-electron chi connectivity index (χ1n) is 2.42. The second kappa shape index (κ2) is 4.93. The Bertz CT molecular complexity index is 70.8. The molecule has 0 aromatic heterocycles. The molecule has 0 rings (SSSR count). The SMILES string of the molecule is NSCCC(F)C(F)F. The van der Waals surface area contributed by atoms with Crippen molar-refractivity contribution < 1.29 is 13.2 Å². The van der Waals surface area contributed by atoms with Gasteiger partial charge in [-0.3, -0.25) is 5.14 Å². The summed E-state index contributed by atoms with van der Waals surface area (Å²) in [5.74, 6) is 0.242. The summed E-state index contributed by atoms with van der Waals surface area (Å²) in [6, 6.07) is 0. The summed E-state index contributed by atoms with van der Waals surface area (Å²) in [5, 5.41) is 4.88.